The van der Waals surface area contributed by atoms with Crippen molar-refractivity contribution in [3.8, 4) is 0 Å². The predicted octanol–water partition coefficient (Wildman–Crippen LogP) is 3.24. The molecule has 1 fully saturated rings. The Bertz CT molecular complexity index is 114. The van der Waals surface area contributed by atoms with Crippen molar-refractivity contribution in [2.75, 3.05) is 7.11 Å². The SMILES string of the molecule is COC(CC(C)C)C1CCCC1. The fourth-order valence-corrected chi connectivity index (χ4v) is 2.27. The molecule has 1 atom stereocenters. The predicted molar refractivity (Wildman–Crippen MR) is 52.2 cm³/mol. The molecule has 12 heavy (non-hydrogen) atoms. The molecule has 0 aromatic heterocycles. The van der Waals surface area contributed by atoms with Gasteiger partial charge in [0.05, 0.1) is 6.10 Å². The quantitative estimate of drug-likeness (QED) is 0.629. The molecule has 0 aliphatic heterocycles. The van der Waals surface area contributed by atoms with Gasteiger partial charge in [-0.15, -0.1) is 0 Å². The second-order valence-electron chi connectivity index (χ2n) is 4.45. The second kappa shape index (κ2) is 4.86. The molecule has 0 bridgehead atoms. The first-order chi connectivity index (χ1) is 5.74. The molecular formula is C11H22O. The van der Waals surface area contributed by atoms with Gasteiger partial charge >= 0.3 is 0 Å². The maximum absolute atomic E-state index is 5.55. The lowest BCUT2D eigenvalue weighted by molar-refractivity contribution is 0.0382. The van der Waals surface area contributed by atoms with Crippen LogP contribution in [0.15, 0.2) is 0 Å². The summed E-state index contributed by atoms with van der Waals surface area (Å²) in [4.78, 5) is 0. The molecule has 0 aromatic rings. The Labute approximate surface area is 76.5 Å². The summed E-state index contributed by atoms with van der Waals surface area (Å²) >= 11 is 0. The molecule has 0 N–H and O–H groups in total. The van der Waals surface area contributed by atoms with Crippen LogP contribution in [0.5, 0.6) is 0 Å². The van der Waals surface area contributed by atoms with Crippen LogP contribution in [0.1, 0.15) is 46.0 Å². The van der Waals surface area contributed by atoms with E-state index in [-0.39, 0.29) is 0 Å². The van der Waals surface area contributed by atoms with Gasteiger partial charge in [-0.05, 0) is 31.1 Å². The Balaban J connectivity index is 2.32. The molecule has 1 aliphatic carbocycles. The average molecular weight is 170 g/mol. The monoisotopic (exact) mass is 170 g/mol. The first kappa shape index (κ1) is 10.0. The van der Waals surface area contributed by atoms with E-state index in [0.29, 0.717) is 6.10 Å². The number of rotatable bonds is 4. The van der Waals surface area contributed by atoms with Gasteiger partial charge in [0.2, 0.25) is 0 Å². The summed E-state index contributed by atoms with van der Waals surface area (Å²) in [7, 11) is 1.87. The van der Waals surface area contributed by atoms with Crippen LogP contribution in [0.3, 0.4) is 0 Å². The van der Waals surface area contributed by atoms with Crippen molar-refractivity contribution >= 4 is 0 Å². The van der Waals surface area contributed by atoms with E-state index in [1.807, 2.05) is 7.11 Å². The van der Waals surface area contributed by atoms with Crippen molar-refractivity contribution in [2.45, 2.75) is 52.1 Å². The van der Waals surface area contributed by atoms with Crippen molar-refractivity contribution in [1.29, 1.82) is 0 Å². The number of methoxy groups -OCH3 is 1. The van der Waals surface area contributed by atoms with Crippen LogP contribution in [0.2, 0.25) is 0 Å². The van der Waals surface area contributed by atoms with E-state index in [0.717, 1.165) is 11.8 Å². The van der Waals surface area contributed by atoms with Crippen LogP contribution in [-0.4, -0.2) is 13.2 Å². The highest BCUT2D eigenvalue weighted by molar-refractivity contribution is 4.76. The molecule has 0 aromatic carbocycles. The van der Waals surface area contributed by atoms with Crippen molar-refractivity contribution in [3.63, 3.8) is 0 Å². The van der Waals surface area contributed by atoms with Crippen molar-refractivity contribution in [3.05, 3.63) is 0 Å². The molecule has 1 saturated carbocycles. The van der Waals surface area contributed by atoms with Gasteiger partial charge in [0, 0.05) is 7.11 Å². The Morgan fingerprint density at radius 3 is 2.25 bits per heavy atom. The summed E-state index contributed by atoms with van der Waals surface area (Å²) in [6, 6.07) is 0. The Morgan fingerprint density at radius 1 is 1.25 bits per heavy atom. The van der Waals surface area contributed by atoms with Gasteiger partial charge in [-0.25, -0.2) is 0 Å². The van der Waals surface area contributed by atoms with Crippen LogP contribution >= 0.6 is 0 Å². The van der Waals surface area contributed by atoms with Crippen molar-refractivity contribution in [1.82, 2.24) is 0 Å². The summed E-state index contributed by atoms with van der Waals surface area (Å²) in [5, 5.41) is 0. The van der Waals surface area contributed by atoms with E-state index in [2.05, 4.69) is 13.8 Å². The third-order valence-corrected chi connectivity index (χ3v) is 2.93. The minimum Gasteiger partial charge on any atom is -0.381 e. The number of ether oxygens (including phenoxy) is 1. The van der Waals surface area contributed by atoms with E-state index < -0.39 is 0 Å². The smallest absolute Gasteiger partial charge is 0.0601 e. The summed E-state index contributed by atoms with van der Waals surface area (Å²) in [6.07, 6.45) is 7.40. The molecule has 1 unspecified atom stereocenters. The highest BCUT2D eigenvalue weighted by atomic mass is 16.5. The normalized spacial score (nSPS) is 22.0. The molecule has 0 radical (unpaired) electrons. The van der Waals surface area contributed by atoms with Gasteiger partial charge in [0.15, 0.2) is 0 Å². The summed E-state index contributed by atoms with van der Waals surface area (Å²) in [5.41, 5.74) is 0. The van der Waals surface area contributed by atoms with Crippen LogP contribution in [0.4, 0.5) is 0 Å². The third kappa shape index (κ3) is 2.78. The molecule has 1 heteroatoms. The Hall–Kier alpha value is -0.0400. The van der Waals surface area contributed by atoms with Gasteiger partial charge in [-0.1, -0.05) is 26.7 Å². The Kier molecular flexibility index (Phi) is 4.07. The Morgan fingerprint density at radius 2 is 1.83 bits per heavy atom. The standard InChI is InChI=1S/C11H22O/c1-9(2)8-11(12-3)10-6-4-5-7-10/h9-11H,4-8H2,1-3H3. The fourth-order valence-electron chi connectivity index (χ4n) is 2.27. The number of hydrogen-bond donors (Lipinski definition) is 0. The zero-order chi connectivity index (χ0) is 8.97. The van der Waals surface area contributed by atoms with Gasteiger partial charge in [-0.2, -0.15) is 0 Å². The van der Waals surface area contributed by atoms with Gasteiger partial charge in [0.1, 0.15) is 0 Å². The van der Waals surface area contributed by atoms with Crippen LogP contribution in [-0.2, 0) is 4.74 Å². The molecular weight excluding hydrogens is 148 g/mol. The summed E-state index contributed by atoms with van der Waals surface area (Å²) in [6.45, 7) is 4.56. The van der Waals surface area contributed by atoms with E-state index in [4.69, 9.17) is 4.74 Å². The molecule has 72 valence electrons. The van der Waals surface area contributed by atoms with E-state index in [1.165, 1.54) is 32.1 Å². The zero-order valence-electron chi connectivity index (χ0n) is 8.68. The lowest BCUT2D eigenvalue weighted by atomic mass is 9.93. The van der Waals surface area contributed by atoms with Crippen molar-refractivity contribution in [2.24, 2.45) is 11.8 Å². The minimum atomic E-state index is 0.535. The lowest BCUT2D eigenvalue weighted by Gasteiger charge is -2.23. The lowest BCUT2D eigenvalue weighted by Crippen LogP contribution is -2.22. The summed E-state index contributed by atoms with van der Waals surface area (Å²) < 4.78 is 5.55. The maximum Gasteiger partial charge on any atom is 0.0601 e. The minimum absolute atomic E-state index is 0.535. The third-order valence-electron chi connectivity index (χ3n) is 2.93. The second-order valence-corrected chi connectivity index (χ2v) is 4.45. The molecule has 0 amide bonds. The first-order valence-electron chi connectivity index (χ1n) is 5.26. The van der Waals surface area contributed by atoms with Crippen molar-refractivity contribution < 1.29 is 4.74 Å². The molecule has 0 heterocycles. The first-order valence-corrected chi connectivity index (χ1v) is 5.26. The highest BCUT2D eigenvalue weighted by Crippen LogP contribution is 2.31. The molecule has 1 aliphatic rings. The van der Waals surface area contributed by atoms with E-state index in [1.54, 1.807) is 0 Å². The average Bonchev–Trinajstić information content (AvgIpc) is 2.51. The fraction of sp³-hybridized carbons (Fsp3) is 1.00. The van der Waals surface area contributed by atoms with Crippen LogP contribution < -0.4 is 0 Å². The van der Waals surface area contributed by atoms with Crippen LogP contribution in [0.25, 0.3) is 0 Å². The topological polar surface area (TPSA) is 9.23 Å². The molecule has 1 rings (SSSR count). The maximum atomic E-state index is 5.55. The largest absolute Gasteiger partial charge is 0.381 e. The highest BCUT2D eigenvalue weighted by Gasteiger charge is 2.25. The van der Waals surface area contributed by atoms with E-state index >= 15 is 0 Å². The van der Waals surface area contributed by atoms with Gasteiger partial charge < -0.3 is 4.74 Å². The van der Waals surface area contributed by atoms with Crippen LogP contribution in [0, 0.1) is 11.8 Å². The molecule has 1 nitrogen and oxygen atoms in total. The molecule has 0 spiro atoms. The van der Waals surface area contributed by atoms with E-state index in [9.17, 15) is 0 Å². The van der Waals surface area contributed by atoms with Gasteiger partial charge in [-0.3, -0.25) is 0 Å². The summed E-state index contributed by atoms with van der Waals surface area (Å²) in [5.74, 6) is 1.63. The van der Waals surface area contributed by atoms with Gasteiger partial charge in [0.25, 0.3) is 0 Å². The zero-order valence-corrected chi connectivity index (χ0v) is 8.68. The number of hydrogen-bond acceptors (Lipinski definition) is 1. The molecule has 0 saturated heterocycles.